The molecule has 0 radical (unpaired) electrons. The standard InChI is InChI=1S/C14H14BN3O3/c1-10-8-13-14(19)17(6-7-18(13)16-10)9-11-2-4-12(5-3-11)15(20)21/h2-8,20-21H,9H2,1H3. The fourth-order valence-corrected chi connectivity index (χ4v) is 2.26. The van der Waals surface area contributed by atoms with Gasteiger partial charge in [0.1, 0.15) is 5.52 Å². The fourth-order valence-electron chi connectivity index (χ4n) is 2.26. The summed E-state index contributed by atoms with van der Waals surface area (Å²) in [5.74, 6) is 0. The number of hydrogen-bond donors (Lipinski definition) is 2. The van der Waals surface area contributed by atoms with Crippen LogP contribution in [0.4, 0.5) is 0 Å². The molecule has 0 unspecified atom stereocenters. The average Bonchev–Trinajstić information content (AvgIpc) is 2.84. The Hall–Kier alpha value is -2.38. The van der Waals surface area contributed by atoms with Crippen LogP contribution in [0.2, 0.25) is 0 Å². The van der Waals surface area contributed by atoms with E-state index in [2.05, 4.69) is 5.10 Å². The van der Waals surface area contributed by atoms with Gasteiger partial charge in [-0.15, -0.1) is 0 Å². The number of hydrogen-bond acceptors (Lipinski definition) is 4. The van der Waals surface area contributed by atoms with Crippen molar-refractivity contribution in [3.05, 3.63) is 64.3 Å². The van der Waals surface area contributed by atoms with Crippen LogP contribution in [0, 0.1) is 6.92 Å². The second-order valence-corrected chi connectivity index (χ2v) is 4.96. The topological polar surface area (TPSA) is 79.8 Å². The van der Waals surface area contributed by atoms with Crippen LogP contribution < -0.4 is 11.0 Å². The molecule has 0 aliphatic heterocycles. The van der Waals surface area contributed by atoms with Crippen LogP contribution in [0.3, 0.4) is 0 Å². The van der Waals surface area contributed by atoms with E-state index in [4.69, 9.17) is 10.0 Å². The molecule has 0 saturated heterocycles. The normalized spacial score (nSPS) is 11.0. The van der Waals surface area contributed by atoms with Gasteiger partial charge in [0.05, 0.1) is 12.2 Å². The van der Waals surface area contributed by atoms with Crippen LogP contribution in [-0.2, 0) is 6.54 Å². The molecular weight excluding hydrogens is 269 g/mol. The molecule has 6 nitrogen and oxygen atoms in total. The molecule has 0 spiro atoms. The van der Waals surface area contributed by atoms with Gasteiger partial charge < -0.3 is 14.6 Å². The Kier molecular flexibility index (Phi) is 3.36. The molecule has 0 aliphatic rings. The molecule has 0 fully saturated rings. The van der Waals surface area contributed by atoms with Crippen molar-refractivity contribution in [3.63, 3.8) is 0 Å². The largest absolute Gasteiger partial charge is 0.488 e. The molecule has 2 N–H and O–H groups in total. The summed E-state index contributed by atoms with van der Waals surface area (Å²) >= 11 is 0. The van der Waals surface area contributed by atoms with Gasteiger partial charge in [0.2, 0.25) is 0 Å². The zero-order chi connectivity index (χ0) is 15.0. The molecule has 0 bridgehead atoms. The van der Waals surface area contributed by atoms with E-state index in [1.54, 1.807) is 51.8 Å². The molecule has 0 saturated carbocycles. The Balaban J connectivity index is 1.94. The van der Waals surface area contributed by atoms with Crippen molar-refractivity contribution in [2.75, 3.05) is 0 Å². The number of rotatable bonds is 3. The molecule has 1 aromatic carbocycles. The molecule has 0 atom stereocenters. The summed E-state index contributed by atoms with van der Waals surface area (Å²) < 4.78 is 3.17. The first-order valence-corrected chi connectivity index (χ1v) is 6.55. The minimum atomic E-state index is -1.48. The lowest BCUT2D eigenvalue weighted by Crippen LogP contribution is -2.29. The molecule has 2 aromatic heterocycles. The van der Waals surface area contributed by atoms with Crippen molar-refractivity contribution in [2.45, 2.75) is 13.5 Å². The molecule has 21 heavy (non-hydrogen) atoms. The van der Waals surface area contributed by atoms with E-state index in [-0.39, 0.29) is 5.56 Å². The highest BCUT2D eigenvalue weighted by Gasteiger charge is 2.10. The van der Waals surface area contributed by atoms with Gasteiger partial charge in [0.15, 0.2) is 0 Å². The van der Waals surface area contributed by atoms with Crippen LogP contribution >= 0.6 is 0 Å². The van der Waals surface area contributed by atoms with Gasteiger partial charge in [-0.05, 0) is 24.0 Å². The number of fused-ring (bicyclic) bond motifs is 1. The van der Waals surface area contributed by atoms with Crippen molar-refractivity contribution in [3.8, 4) is 0 Å². The zero-order valence-electron chi connectivity index (χ0n) is 11.5. The summed E-state index contributed by atoms with van der Waals surface area (Å²) in [5.41, 5.74) is 2.56. The Bertz CT molecular complexity index is 837. The first-order valence-electron chi connectivity index (χ1n) is 6.55. The molecule has 2 heterocycles. The molecule has 3 rings (SSSR count). The van der Waals surface area contributed by atoms with Crippen LogP contribution in [0.1, 0.15) is 11.3 Å². The van der Waals surface area contributed by atoms with Crippen molar-refractivity contribution < 1.29 is 10.0 Å². The Morgan fingerprint density at radius 1 is 1.19 bits per heavy atom. The quantitative estimate of drug-likeness (QED) is 0.637. The van der Waals surface area contributed by atoms with Gasteiger partial charge in [0, 0.05) is 12.4 Å². The second-order valence-electron chi connectivity index (χ2n) is 4.96. The van der Waals surface area contributed by atoms with Gasteiger partial charge >= 0.3 is 7.12 Å². The Morgan fingerprint density at radius 2 is 1.90 bits per heavy atom. The number of benzene rings is 1. The van der Waals surface area contributed by atoms with Crippen LogP contribution in [0.5, 0.6) is 0 Å². The summed E-state index contributed by atoms with van der Waals surface area (Å²) in [6.45, 7) is 2.26. The summed E-state index contributed by atoms with van der Waals surface area (Å²) in [6, 6.07) is 8.56. The molecule has 0 amide bonds. The summed E-state index contributed by atoms with van der Waals surface area (Å²) in [7, 11) is -1.48. The van der Waals surface area contributed by atoms with Crippen molar-refractivity contribution in [1.29, 1.82) is 0 Å². The maximum absolute atomic E-state index is 12.3. The molecule has 3 aromatic rings. The molecule has 0 aliphatic carbocycles. The van der Waals surface area contributed by atoms with Gasteiger partial charge in [-0.1, -0.05) is 24.3 Å². The van der Waals surface area contributed by atoms with E-state index in [1.165, 1.54) is 0 Å². The SMILES string of the molecule is Cc1cc2c(=O)n(Cc3ccc(B(O)O)cc3)ccn2n1. The maximum Gasteiger partial charge on any atom is 0.488 e. The first-order chi connectivity index (χ1) is 10.0. The summed E-state index contributed by atoms with van der Waals surface area (Å²) in [4.78, 5) is 12.3. The molecule has 106 valence electrons. The third-order valence-corrected chi connectivity index (χ3v) is 3.36. The predicted molar refractivity (Wildman–Crippen MR) is 79.6 cm³/mol. The van der Waals surface area contributed by atoms with Crippen molar-refractivity contribution in [2.24, 2.45) is 0 Å². The van der Waals surface area contributed by atoms with Gasteiger partial charge in [-0.2, -0.15) is 5.10 Å². The highest BCUT2D eigenvalue weighted by atomic mass is 16.4. The van der Waals surface area contributed by atoms with Gasteiger partial charge in [-0.25, -0.2) is 4.52 Å². The zero-order valence-corrected chi connectivity index (χ0v) is 11.5. The molecule has 7 heteroatoms. The summed E-state index contributed by atoms with van der Waals surface area (Å²) in [6.07, 6.45) is 3.44. The number of aryl methyl sites for hydroxylation is 1. The average molecular weight is 283 g/mol. The van der Waals surface area contributed by atoms with E-state index in [0.717, 1.165) is 11.3 Å². The first kappa shape index (κ1) is 13.6. The lowest BCUT2D eigenvalue weighted by molar-refractivity contribution is 0.426. The van der Waals surface area contributed by atoms with E-state index >= 15 is 0 Å². The molecular formula is C14H14BN3O3. The van der Waals surface area contributed by atoms with E-state index in [9.17, 15) is 4.79 Å². The minimum Gasteiger partial charge on any atom is -0.423 e. The van der Waals surface area contributed by atoms with E-state index in [0.29, 0.717) is 17.5 Å². The van der Waals surface area contributed by atoms with Gasteiger partial charge in [-0.3, -0.25) is 4.79 Å². The highest BCUT2D eigenvalue weighted by Crippen LogP contribution is 2.03. The lowest BCUT2D eigenvalue weighted by Gasteiger charge is -2.07. The number of nitrogens with zero attached hydrogens (tertiary/aromatic N) is 3. The van der Waals surface area contributed by atoms with Gasteiger partial charge in [0.25, 0.3) is 5.56 Å². The smallest absolute Gasteiger partial charge is 0.423 e. The minimum absolute atomic E-state index is 0.107. The van der Waals surface area contributed by atoms with E-state index < -0.39 is 7.12 Å². The lowest BCUT2D eigenvalue weighted by atomic mass is 9.80. The maximum atomic E-state index is 12.3. The summed E-state index contributed by atoms with van der Waals surface area (Å²) in [5, 5.41) is 22.3. The van der Waals surface area contributed by atoms with Crippen LogP contribution in [0.15, 0.2) is 47.5 Å². The Labute approximate surface area is 121 Å². The predicted octanol–water partition coefficient (Wildman–Crippen LogP) is -0.467. The van der Waals surface area contributed by atoms with Crippen molar-refractivity contribution >= 4 is 18.1 Å². The van der Waals surface area contributed by atoms with Crippen molar-refractivity contribution in [1.82, 2.24) is 14.2 Å². The third kappa shape index (κ3) is 2.61. The number of aromatic nitrogens is 3. The van der Waals surface area contributed by atoms with Crippen LogP contribution in [0.25, 0.3) is 5.52 Å². The highest BCUT2D eigenvalue weighted by molar-refractivity contribution is 6.58. The van der Waals surface area contributed by atoms with Crippen LogP contribution in [-0.4, -0.2) is 31.3 Å². The Morgan fingerprint density at radius 3 is 2.57 bits per heavy atom. The second kappa shape index (κ2) is 5.19. The third-order valence-electron chi connectivity index (χ3n) is 3.36. The monoisotopic (exact) mass is 283 g/mol. The van der Waals surface area contributed by atoms with E-state index in [1.807, 2.05) is 6.92 Å². The fraction of sp³-hybridized carbons (Fsp3) is 0.143.